The first kappa shape index (κ1) is 14.3. The summed E-state index contributed by atoms with van der Waals surface area (Å²) in [5.41, 5.74) is 12.2. The van der Waals surface area contributed by atoms with Gasteiger partial charge in [0.15, 0.2) is 0 Å². The van der Waals surface area contributed by atoms with Gasteiger partial charge in [-0.1, -0.05) is 42.5 Å². The van der Waals surface area contributed by atoms with Gasteiger partial charge in [-0.3, -0.25) is 0 Å². The molecule has 0 spiro atoms. The van der Waals surface area contributed by atoms with Crippen molar-refractivity contribution in [3.63, 3.8) is 0 Å². The van der Waals surface area contributed by atoms with Gasteiger partial charge in [0.25, 0.3) is 0 Å². The van der Waals surface area contributed by atoms with Crippen LogP contribution in [0.3, 0.4) is 0 Å². The minimum absolute atomic E-state index is 0.239. The maximum Gasteiger partial charge on any atom is 0.0832 e. The Labute approximate surface area is 126 Å². The summed E-state index contributed by atoms with van der Waals surface area (Å²) in [6.45, 7) is 3.40. The minimum atomic E-state index is 0.239. The van der Waals surface area contributed by atoms with E-state index >= 15 is 0 Å². The lowest BCUT2D eigenvalue weighted by Gasteiger charge is -2.26. The standard InChI is InChI=1S/C19H23NO/c1-14-11-15(12-20)9-10-17(14)13-21-19-8-4-6-16-5-2-3-7-18(16)19/h2-3,5,7,9-11,19H,4,6,8,12-13,20H2,1H3. The summed E-state index contributed by atoms with van der Waals surface area (Å²) in [4.78, 5) is 0. The molecule has 3 rings (SSSR count). The Bertz CT molecular complexity index is 621. The maximum absolute atomic E-state index is 6.22. The van der Waals surface area contributed by atoms with Crippen molar-refractivity contribution in [3.8, 4) is 0 Å². The SMILES string of the molecule is Cc1cc(CN)ccc1COC1CCCc2ccccc21. The zero-order valence-corrected chi connectivity index (χ0v) is 12.6. The van der Waals surface area contributed by atoms with Gasteiger partial charge in [0.1, 0.15) is 0 Å². The first-order chi connectivity index (χ1) is 10.3. The average Bonchev–Trinajstić information content (AvgIpc) is 2.53. The molecular weight excluding hydrogens is 258 g/mol. The summed E-state index contributed by atoms with van der Waals surface area (Å²) in [6, 6.07) is 15.1. The molecule has 1 aliphatic rings. The molecular formula is C19H23NO. The summed E-state index contributed by atoms with van der Waals surface area (Å²) in [5, 5.41) is 0. The van der Waals surface area contributed by atoms with Crippen LogP contribution in [-0.2, 0) is 24.3 Å². The molecule has 2 nitrogen and oxygen atoms in total. The van der Waals surface area contributed by atoms with E-state index in [2.05, 4.69) is 49.4 Å². The van der Waals surface area contributed by atoms with Crippen molar-refractivity contribution in [1.29, 1.82) is 0 Å². The van der Waals surface area contributed by atoms with Gasteiger partial charge in [-0.2, -0.15) is 0 Å². The second-order valence-electron chi connectivity index (χ2n) is 5.86. The predicted octanol–water partition coefficient (Wildman–Crippen LogP) is 4.05. The van der Waals surface area contributed by atoms with E-state index in [-0.39, 0.29) is 6.10 Å². The van der Waals surface area contributed by atoms with Gasteiger partial charge < -0.3 is 10.5 Å². The van der Waals surface area contributed by atoms with Crippen molar-refractivity contribution in [2.75, 3.05) is 0 Å². The van der Waals surface area contributed by atoms with Crippen LogP contribution in [0.25, 0.3) is 0 Å². The van der Waals surface area contributed by atoms with Gasteiger partial charge in [-0.25, -0.2) is 0 Å². The van der Waals surface area contributed by atoms with Gasteiger partial charge >= 0.3 is 0 Å². The van der Waals surface area contributed by atoms with Gasteiger partial charge in [0.2, 0.25) is 0 Å². The Morgan fingerprint density at radius 3 is 2.86 bits per heavy atom. The van der Waals surface area contributed by atoms with Crippen LogP contribution in [0.5, 0.6) is 0 Å². The van der Waals surface area contributed by atoms with Crippen LogP contribution < -0.4 is 5.73 Å². The maximum atomic E-state index is 6.22. The zero-order valence-electron chi connectivity index (χ0n) is 12.6. The second kappa shape index (κ2) is 6.42. The van der Waals surface area contributed by atoms with Crippen molar-refractivity contribution >= 4 is 0 Å². The minimum Gasteiger partial charge on any atom is -0.369 e. The zero-order chi connectivity index (χ0) is 14.7. The van der Waals surface area contributed by atoms with Crippen molar-refractivity contribution in [1.82, 2.24) is 0 Å². The van der Waals surface area contributed by atoms with Crippen LogP contribution in [-0.4, -0.2) is 0 Å². The largest absolute Gasteiger partial charge is 0.369 e. The lowest BCUT2D eigenvalue weighted by atomic mass is 9.89. The number of fused-ring (bicyclic) bond motifs is 1. The normalized spacial score (nSPS) is 17.5. The molecule has 2 N–H and O–H groups in total. The highest BCUT2D eigenvalue weighted by Crippen LogP contribution is 2.33. The number of hydrogen-bond acceptors (Lipinski definition) is 2. The monoisotopic (exact) mass is 281 g/mol. The van der Waals surface area contributed by atoms with Gasteiger partial charge in [0.05, 0.1) is 12.7 Å². The average molecular weight is 281 g/mol. The molecule has 0 aromatic heterocycles. The number of aryl methyl sites for hydroxylation is 2. The molecule has 110 valence electrons. The summed E-state index contributed by atoms with van der Waals surface area (Å²) >= 11 is 0. The van der Waals surface area contributed by atoms with E-state index in [0.29, 0.717) is 13.2 Å². The van der Waals surface area contributed by atoms with Crippen LogP contribution >= 0.6 is 0 Å². The third kappa shape index (κ3) is 3.17. The molecule has 0 amide bonds. The summed E-state index contributed by atoms with van der Waals surface area (Å²) < 4.78 is 6.22. The van der Waals surface area contributed by atoms with Crippen LogP contribution in [0, 0.1) is 6.92 Å². The van der Waals surface area contributed by atoms with Gasteiger partial charge in [-0.15, -0.1) is 0 Å². The lowest BCUT2D eigenvalue weighted by Crippen LogP contribution is -2.13. The van der Waals surface area contributed by atoms with E-state index < -0.39 is 0 Å². The van der Waals surface area contributed by atoms with Gasteiger partial charge in [-0.05, 0) is 54.0 Å². The molecule has 2 aromatic carbocycles. The van der Waals surface area contributed by atoms with Crippen LogP contribution in [0.2, 0.25) is 0 Å². The fraction of sp³-hybridized carbons (Fsp3) is 0.368. The topological polar surface area (TPSA) is 35.2 Å². The Balaban J connectivity index is 1.71. The van der Waals surface area contributed by atoms with Crippen LogP contribution in [0.4, 0.5) is 0 Å². The highest BCUT2D eigenvalue weighted by molar-refractivity contribution is 5.32. The highest BCUT2D eigenvalue weighted by atomic mass is 16.5. The molecule has 0 aliphatic heterocycles. The number of hydrogen-bond donors (Lipinski definition) is 1. The molecule has 0 heterocycles. The Kier molecular flexibility index (Phi) is 4.37. The summed E-state index contributed by atoms with van der Waals surface area (Å²) in [6.07, 6.45) is 3.76. The molecule has 0 saturated heterocycles. The molecule has 0 saturated carbocycles. The summed E-state index contributed by atoms with van der Waals surface area (Å²) in [5.74, 6) is 0. The Hall–Kier alpha value is -1.64. The van der Waals surface area contributed by atoms with Crippen molar-refractivity contribution < 1.29 is 4.74 Å². The van der Waals surface area contributed by atoms with Gasteiger partial charge in [0, 0.05) is 6.54 Å². The van der Waals surface area contributed by atoms with Crippen molar-refractivity contribution in [2.24, 2.45) is 5.73 Å². The molecule has 1 aliphatic carbocycles. The van der Waals surface area contributed by atoms with Crippen molar-refractivity contribution in [3.05, 3.63) is 70.3 Å². The first-order valence-corrected chi connectivity index (χ1v) is 7.76. The van der Waals surface area contributed by atoms with Crippen LogP contribution in [0.1, 0.15) is 46.8 Å². The number of benzene rings is 2. The van der Waals surface area contributed by atoms with Crippen molar-refractivity contribution in [2.45, 2.75) is 45.4 Å². The lowest BCUT2D eigenvalue weighted by molar-refractivity contribution is 0.0280. The fourth-order valence-corrected chi connectivity index (χ4v) is 3.12. The number of nitrogens with two attached hydrogens (primary N) is 1. The van der Waals surface area contributed by atoms with E-state index in [0.717, 1.165) is 6.42 Å². The van der Waals surface area contributed by atoms with E-state index in [1.54, 1.807) is 0 Å². The second-order valence-corrected chi connectivity index (χ2v) is 5.86. The molecule has 0 bridgehead atoms. The number of rotatable bonds is 4. The third-order valence-electron chi connectivity index (χ3n) is 4.40. The predicted molar refractivity (Wildman–Crippen MR) is 86.0 cm³/mol. The highest BCUT2D eigenvalue weighted by Gasteiger charge is 2.20. The molecule has 0 fully saturated rings. The molecule has 0 radical (unpaired) electrons. The third-order valence-corrected chi connectivity index (χ3v) is 4.40. The Morgan fingerprint density at radius 2 is 2.05 bits per heavy atom. The Morgan fingerprint density at radius 1 is 1.19 bits per heavy atom. The molecule has 2 heteroatoms. The fourth-order valence-electron chi connectivity index (χ4n) is 3.12. The van der Waals surface area contributed by atoms with E-state index in [4.69, 9.17) is 10.5 Å². The van der Waals surface area contributed by atoms with E-state index in [1.165, 1.54) is 40.7 Å². The smallest absolute Gasteiger partial charge is 0.0832 e. The number of ether oxygens (including phenoxy) is 1. The quantitative estimate of drug-likeness (QED) is 0.917. The first-order valence-electron chi connectivity index (χ1n) is 7.76. The van der Waals surface area contributed by atoms with E-state index in [1.807, 2.05) is 0 Å². The molecule has 21 heavy (non-hydrogen) atoms. The molecule has 1 unspecified atom stereocenters. The summed E-state index contributed by atoms with van der Waals surface area (Å²) in [7, 11) is 0. The molecule has 2 aromatic rings. The van der Waals surface area contributed by atoms with E-state index in [9.17, 15) is 0 Å². The molecule has 1 atom stereocenters. The van der Waals surface area contributed by atoms with Crippen LogP contribution in [0.15, 0.2) is 42.5 Å².